The summed E-state index contributed by atoms with van der Waals surface area (Å²) in [7, 11) is 3.24. The minimum absolute atomic E-state index is 0.270. The van der Waals surface area contributed by atoms with E-state index in [1.807, 2.05) is 12.1 Å². The number of hydroxylamine groups is 1. The van der Waals surface area contributed by atoms with Crippen LogP contribution in [0.1, 0.15) is 11.1 Å². The van der Waals surface area contributed by atoms with Crippen molar-refractivity contribution in [3.63, 3.8) is 0 Å². The Morgan fingerprint density at radius 3 is 2.94 bits per heavy atom. The molecule has 1 aliphatic rings. The molecular weight excluding hydrogens is 210 g/mol. The Hall–Kier alpha value is -1.30. The van der Waals surface area contributed by atoms with Crippen LogP contribution in [0.5, 0.6) is 11.5 Å². The fraction of sp³-hybridized carbons (Fsp3) is 0.455. The van der Waals surface area contributed by atoms with E-state index in [4.69, 9.17) is 19.0 Å². The lowest BCUT2D eigenvalue weighted by atomic mass is 10.1. The Morgan fingerprint density at radius 2 is 2.19 bits per heavy atom. The standard InChI is InChI=1S/C11H15NO4/c1-13-6-8-3-4-10-11(16-7-15-10)9(8)5-12-14-2/h3-4,12H,5-7H2,1-2H3. The Kier molecular flexibility index (Phi) is 3.61. The van der Waals surface area contributed by atoms with Crippen molar-refractivity contribution in [2.45, 2.75) is 13.2 Å². The van der Waals surface area contributed by atoms with Crippen LogP contribution in [0.15, 0.2) is 12.1 Å². The molecule has 2 rings (SSSR count). The van der Waals surface area contributed by atoms with Crippen molar-refractivity contribution in [2.24, 2.45) is 0 Å². The molecule has 5 heteroatoms. The first-order valence-corrected chi connectivity index (χ1v) is 5.02. The van der Waals surface area contributed by atoms with E-state index in [-0.39, 0.29) is 6.79 Å². The van der Waals surface area contributed by atoms with Crippen molar-refractivity contribution < 1.29 is 19.0 Å². The van der Waals surface area contributed by atoms with Crippen molar-refractivity contribution in [3.05, 3.63) is 23.3 Å². The number of fused-ring (bicyclic) bond motifs is 1. The van der Waals surface area contributed by atoms with Crippen molar-refractivity contribution in [2.75, 3.05) is 21.0 Å². The minimum Gasteiger partial charge on any atom is -0.454 e. The molecule has 0 aliphatic carbocycles. The third-order valence-corrected chi connectivity index (χ3v) is 2.43. The molecule has 0 unspecified atom stereocenters. The molecule has 5 nitrogen and oxygen atoms in total. The molecule has 16 heavy (non-hydrogen) atoms. The van der Waals surface area contributed by atoms with Crippen molar-refractivity contribution in [1.29, 1.82) is 0 Å². The van der Waals surface area contributed by atoms with Gasteiger partial charge in [0, 0.05) is 12.7 Å². The van der Waals surface area contributed by atoms with Gasteiger partial charge in [0.15, 0.2) is 11.5 Å². The zero-order chi connectivity index (χ0) is 11.4. The third kappa shape index (κ3) is 2.11. The van der Waals surface area contributed by atoms with Crippen molar-refractivity contribution in [3.8, 4) is 11.5 Å². The lowest BCUT2D eigenvalue weighted by molar-refractivity contribution is 0.0849. The number of hydrogen-bond acceptors (Lipinski definition) is 5. The average molecular weight is 225 g/mol. The van der Waals surface area contributed by atoms with Gasteiger partial charge < -0.3 is 19.0 Å². The van der Waals surface area contributed by atoms with Gasteiger partial charge in [0.05, 0.1) is 20.3 Å². The van der Waals surface area contributed by atoms with Gasteiger partial charge in [-0.05, 0) is 11.6 Å². The molecule has 0 bridgehead atoms. The highest BCUT2D eigenvalue weighted by Gasteiger charge is 2.20. The summed E-state index contributed by atoms with van der Waals surface area (Å²) in [4.78, 5) is 4.85. The van der Waals surface area contributed by atoms with Crippen molar-refractivity contribution >= 4 is 0 Å². The number of ether oxygens (including phenoxy) is 3. The molecule has 0 amide bonds. The van der Waals surface area contributed by atoms with Gasteiger partial charge in [0.2, 0.25) is 6.79 Å². The van der Waals surface area contributed by atoms with Crippen LogP contribution in [0.25, 0.3) is 0 Å². The number of benzene rings is 1. The molecule has 1 heterocycles. The highest BCUT2D eigenvalue weighted by molar-refractivity contribution is 5.51. The molecule has 1 aliphatic heterocycles. The van der Waals surface area contributed by atoms with E-state index in [9.17, 15) is 0 Å². The molecule has 1 aromatic carbocycles. The van der Waals surface area contributed by atoms with Crippen LogP contribution in [0.2, 0.25) is 0 Å². The fourth-order valence-corrected chi connectivity index (χ4v) is 1.70. The smallest absolute Gasteiger partial charge is 0.231 e. The van der Waals surface area contributed by atoms with E-state index in [1.165, 1.54) is 0 Å². The highest BCUT2D eigenvalue weighted by Crippen LogP contribution is 2.37. The normalized spacial score (nSPS) is 13.1. The van der Waals surface area contributed by atoms with E-state index >= 15 is 0 Å². The summed E-state index contributed by atoms with van der Waals surface area (Å²) in [5.74, 6) is 1.55. The molecule has 0 fully saturated rings. The van der Waals surface area contributed by atoms with Gasteiger partial charge in [0.25, 0.3) is 0 Å². The molecule has 0 aromatic heterocycles. The maximum absolute atomic E-state index is 5.44. The maximum Gasteiger partial charge on any atom is 0.231 e. The fourth-order valence-electron chi connectivity index (χ4n) is 1.70. The van der Waals surface area contributed by atoms with Crippen LogP contribution in [-0.2, 0) is 22.7 Å². The summed E-state index contributed by atoms with van der Waals surface area (Å²) in [6.07, 6.45) is 0. The Bertz CT molecular complexity index is 367. The van der Waals surface area contributed by atoms with E-state index in [0.717, 1.165) is 22.6 Å². The van der Waals surface area contributed by atoms with Gasteiger partial charge in [-0.3, -0.25) is 0 Å². The molecule has 0 atom stereocenters. The summed E-state index contributed by atoms with van der Waals surface area (Å²) in [5.41, 5.74) is 4.88. The van der Waals surface area contributed by atoms with Crippen LogP contribution < -0.4 is 15.0 Å². The highest BCUT2D eigenvalue weighted by atomic mass is 16.7. The van der Waals surface area contributed by atoms with Crippen LogP contribution in [0.3, 0.4) is 0 Å². The second-order valence-corrected chi connectivity index (χ2v) is 3.40. The summed E-state index contributed by atoms with van der Waals surface area (Å²) >= 11 is 0. The van der Waals surface area contributed by atoms with E-state index in [1.54, 1.807) is 14.2 Å². The number of nitrogens with one attached hydrogen (secondary N) is 1. The lowest BCUT2D eigenvalue weighted by Gasteiger charge is -2.11. The van der Waals surface area contributed by atoms with Crippen LogP contribution >= 0.6 is 0 Å². The maximum atomic E-state index is 5.44. The summed E-state index contributed by atoms with van der Waals surface area (Å²) < 4.78 is 15.9. The summed E-state index contributed by atoms with van der Waals surface area (Å²) in [6.45, 7) is 1.37. The third-order valence-electron chi connectivity index (χ3n) is 2.43. The number of rotatable bonds is 5. The van der Waals surface area contributed by atoms with E-state index in [0.29, 0.717) is 13.2 Å². The molecule has 0 radical (unpaired) electrons. The quantitative estimate of drug-likeness (QED) is 0.763. The molecule has 88 valence electrons. The van der Waals surface area contributed by atoms with Gasteiger partial charge in [-0.15, -0.1) is 0 Å². The second-order valence-electron chi connectivity index (χ2n) is 3.40. The van der Waals surface area contributed by atoms with Crippen LogP contribution in [-0.4, -0.2) is 21.0 Å². The Labute approximate surface area is 94.2 Å². The lowest BCUT2D eigenvalue weighted by Crippen LogP contribution is -2.13. The Balaban J connectivity index is 2.30. The second kappa shape index (κ2) is 5.16. The first-order chi connectivity index (χ1) is 7.86. The first kappa shape index (κ1) is 11.2. The van der Waals surface area contributed by atoms with Gasteiger partial charge in [0.1, 0.15) is 0 Å². The summed E-state index contributed by atoms with van der Waals surface area (Å²) in [5, 5.41) is 0. The predicted octanol–water partition coefficient (Wildman–Crippen LogP) is 1.21. The number of methoxy groups -OCH3 is 1. The zero-order valence-electron chi connectivity index (χ0n) is 9.41. The molecular formula is C11H15NO4. The van der Waals surface area contributed by atoms with Gasteiger partial charge in [-0.1, -0.05) is 6.07 Å². The van der Waals surface area contributed by atoms with Gasteiger partial charge in [-0.2, -0.15) is 5.48 Å². The van der Waals surface area contributed by atoms with Gasteiger partial charge >= 0.3 is 0 Å². The predicted molar refractivity (Wildman–Crippen MR) is 57.1 cm³/mol. The van der Waals surface area contributed by atoms with E-state index in [2.05, 4.69) is 5.48 Å². The molecule has 1 N–H and O–H groups in total. The number of hydrogen-bond donors (Lipinski definition) is 1. The summed E-state index contributed by atoms with van der Waals surface area (Å²) in [6, 6.07) is 3.87. The molecule has 1 aromatic rings. The monoisotopic (exact) mass is 225 g/mol. The molecule has 0 spiro atoms. The SMILES string of the molecule is COCc1ccc2c(c1CNOC)OCO2. The minimum atomic E-state index is 0.270. The first-order valence-electron chi connectivity index (χ1n) is 5.02. The molecule has 0 saturated heterocycles. The molecule has 0 saturated carbocycles. The largest absolute Gasteiger partial charge is 0.454 e. The Morgan fingerprint density at radius 1 is 1.31 bits per heavy atom. The topological polar surface area (TPSA) is 49.0 Å². The average Bonchev–Trinajstić information content (AvgIpc) is 2.76. The van der Waals surface area contributed by atoms with E-state index < -0.39 is 0 Å². The van der Waals surface area contributed by atoms with Crippen LogP contribution in [0, 0.1) is 0 Å². The van der Waals surface area contributed by atoms with Crippen LogP contribution in [0.4, 0.5) is 0 Å². The van der Waals surface area contributed by atoms with Crippen molar-refractivity contribution in [1.82, 2.24) is 5.48 Å². The zero-order valence-corrected chi connectivity index (χ0v) is 9.41. The van der Waals surface area contributed by atoms with Gasteiger partial charge in [-0.25, -0.2) is 0 Å².